The Balaban J connectivity index is 2.98. The van der Waals surface area contributed by atoms with E-state index in [4.69, 9.17) is 11.5 Å². The molecule has 0 saturated heterocycles. The average molecular weight is 262 g/mol. The van der Waals surface area contributed by atoms with Crippen LogP contribution in [-0.4, -0.2) is 11.8 Å². The highest BCUT2D eigenvalue weighted by Gasteiger charge is 2.34. The van der Waals surface area contributed by atoms with Gasteiger partial charge < -0.3 is 11.5 Å². The molecule has 1 aromatic rings. The van der Waals surface area contributed by atoms with Crippen molar-refractivity contribution >= 4 is 11.8 Å². The third-order valence-electron chi connectivity index (χ3n) is 3.68. The molecule has 1 rings (SSSR count). The predicted molar refractivity (Wildman–Crippen MR) is 75.0 cm³/mol. The highest BCUT2D eigenvalue weighted by atomic mass is 16.2. The maximum absolute atomic E-state index is 11.7. The van der Waals surface area contributed by atoms with Crippen LogP contribution in [0.5, 0.6) is 0 Å². The zero-order chi connectivity index (χ0) is 14.4. The van der Waals surface area contributed by atoms with E-state index in [1.807, 2.05) is 44.2 Å². The van der Waals surface area contributed by atoms with Gasteiger partial charge in [0.15, 0.2) is 0 Å². The van der Waals surface area contributed by atoms with E-state index in [9.17, 15) is 9.59 Å². The highest BCUT2D eigenvalue weighted by molar-refractivity contribution is 5.86. The lowest BCUT2D eigenvalue weighted by Gasteiger charge is -2.27. The maximum atomic E-state index is 11.7. The summed E-state index contributed by atoms with van der Waals surface area (Å²) in [5.41, 5.74) is 11.9. The van der Waals surface area contributed by atoms with Crippen molar-refractivity contribution in [3.63, 3.8) is 0 Å². The number of hydrogen-bond donors (Lipinski definition) is 2. The van der Waals surface area contributed by atoms with Crippen LogP contribution in [0.3, 0.4) is 0 Å². The second kappa shape index (κ2) is 6.92. The van der Waals surface area contributed by atoms with Gasteiger partial charge in [0.25, 0.3) is 0 Å². The fraction of sp³-hybridized carbons (Fsp3) is 0.467. The minimum Gasteiger partial charge on any atom is -0.369 e. The van der Waals surface area contributed by atoms with Crippen LogP contribution < -0.4 is 11.5 Å². The number of hydrogen-bond acceptors (Lipinski definition) is 2. The van der Waals surface area contributed by atoms with Crippen molar-refractivity contribution < 1.29 is 9.59 Å². The summed E-state index contributed by atoms with van der Waals surface area (Å²) in [7, 11) is 0. The van der Waals surface area contributed by atoms with E-state index in [0.717, 1.165) is 12.0 Å². The largest absolute Gasteiger partial charge is 0.369 e. The molecule has 3 unspecified atom stereocenters. The summed E-state index contributed by atoms with van der Waals surface area (Å²) in [6, 6.07) is 9.55. The molecule has 2 amide bonds. The lowest BCUT2D eigenvalue weighted by atomic mass is 9.77. The van der Waals surface area contributed by atoms with Crippen molar-refractivity contribution in [3.8, 4) is 0 Å². The van der Waals surface area contributed by atoms with Crippen LogP contribution in [0.4, 0.5) is 0 Å². The molecule has 0 aliphatic rings. The molecule has 0 aliphatic heterocycles. The van der Waals surface area contributed by atoms with Crippen molar-refractivity contribution in [2.75, 3.05) is 0 Å². The predicted octanol–water partition coefficient (Wildman–Crippen LogP) is 1.48. The Bertz CT molecular complexity index is 431. The molecular formula is C15H22N2O2. The molecule has 0 heterocycles. The Labute approximate surface area is 114 Å². The second-order valence-corrected chi connectivity index (χ2v) is 5.01. The van der Waals surface area contributed by atoms with Crippen LogP contribution in [0.25, 0.3) is 0 Å². The summed E-state index contributed by atoms with van der Waals surface area (Å²) in [6.07, 6.45) is 1.24. The molecule has 4 heteroatoms. The first-order valence-electron chi connectivity index (χ1n) is 6.59. The van der Waals surface area contributed by atoms with E-state index < -0.39 is 23.7 Å². The van der Waals surface area contributed by atoms with E-state index >= 15 is 0 Å². The molecule has 4 nitrogen and oxygen atoms in total. The molecule has 0 radical (unpaired) electrons. The number of carbonyl (C=O) groups excluding carboxylic acids is 2. The van der Waals surface area contributed by atoms with Crippen LogP contribution in [-0.2, 0) is 16.0 Å². The second-order valence-electron chi connectivity index (χ2n) is 5.01. The van der Waals surface area contributed by atoms with Crippen molar-refractivity contribution in [2.45, 2.75) is 26.7 Å². The van der Waals surface area contributed by atoms with Gasteiger partial charge in [-0.15, -0.1) is 0 Å². The molecule has 0 aliphatic carbocycles. The molecular weight excluding hydrogens is 240 g/mol. The fourth-order valence-electron chi connectivity index (χ4n) is 2.40. The summed E-state index contributed by atoms with van der Waals surface area (Å²) >= 11 is 0. The average Bonchev–Trinajstić information content (AvgIpc) is 2.38. The Morgan fingerprint density at radius 1 is 1.11 bits per heavy atom. The molecule has 0 aromatic heterocycles. The van der Waals surface area contributed by atoms with Gasteiger partial charge >= 0.3 is 0 Å². The molecule has 3 atom stereocenters. The summed E-state index contributed by atoms with van der Waals surface area (Å²) in [5, 5.41) is 0. The molecule has 4 N–H and O–H groups in total. The van der Waals surface area contributed by atoms with Crippen molar-refractivity contribution in [3.05, 3.63) is 35.9 Å². The first kappa shape index (κ1) is 15.2. The molecule has 1 aromatic carbocycles. The minimum atomic E-state index is -0.546. The van der Waals surface area contributed by atoms with Crippen LogP contribution in [0, 0.1) is 17.8 Å². The zero-order valence-corrected chi connectivity index (χ0v) is 11.5. The van der Waals surface area contributed by atoms with Gasteiger partial charge in [-0.1, -0.05) is 50.6 Å². The maximum Gasteiger partial charge on any atom is 0.221 e. The summed E-state index contributed by atoms with van der Waals surface area (Å²) < 4.78 is 0. The van der Waals surface area contributed by atoms with Crippen LogP contribution in [0.15, 0.2) is 30.3 Å². The lowest BCUT2D eigenvalue weighted by Crippen LogP contribution is -2.42. The SMILES string of the molecule is CCC(C)C(C(N)=O)C(Cc1ccccc1)C(N)=O. The third-order valence-corrected chi connectivity index (χ3v) is 3.68. The summed E-state index contributed by atoms with van der Waals surface area (Å²) in [5.74, 6) is -1.93. The van der Waals surface area contributed by atoms with E-state index in [-0.39, 0.29) is 5.92 Å². The number of carbonyl (C=O) groups is 2. The van der Waals surface area contributed by atoms with Gasteiger partial charge in [-0.25, -0.2) is 0 Å². The Kier molecular flexibility index (Phi) is 5.55. The number of rotatable bonds is 7. The minimum absolute atomic E-state index is 0.0405. The quantitative estimate of drug-likeness (QED) is 0.779. The van der Waals surface area contributed by atoms with Crippen molar-refractivity contribution in [1.82, 2.24) is 0 Å². The highest BCUT2D eigenvalue weighted by Crippen LogP contribution is 2.26. The number of amides is 2. The van der Waals surface area contributed by atoms with E-state index in [0.29, 0.717) is 6.42 Å². The standard InChI is InChI=1S/C15H22N2O2/c1-3-10(2)13(15(17)19)12(14(16)18)9-11-7-5-4-6-8-11/h4-8,10,12-13H,3,9H2,1-2H3,(H2,16,18)(H2,17,19). The van der Waals surface area contributed by atoms with Crippen LogP contribution in [0.1, 0.15) is 25.8 Å². The van der Waals surface area contributed by atoms with Gasteiger partial charge in [0.05, 0.1) is 11.8 Å². The molecule has 0 spiro atoms. The number of nitrogens with two attached hydrogens (primary N) is 2. The van der Waals surface area contributed by atoms with Crippen LogP contribution in [0.2, 0.25) is 0 Å². The molecule has 0 fully saturated rings. The summed E-state index contributed by atoms with van der Waals surface area (Å²) in [6.45, 7) is 3.90. The zero-order valence-electron chi connectivity index (χ0n) is 11.5. The first-order valence-corrected chi connectivity index (χ1v) is 6.59. The monoisotopic (exact) mass is 262 g/mol. The Hall–Kier alpha value is -1.84. The van der Waals surface area contributed by atoms with Crippen LogP contribution >= 0.6 is 0 Å². The van der Waals surface area contributed by atoms with Gasteiger partial charge in [0, 0.05) is 0 Å². The normalized spacial score (nSPS) is 15.5. The first-order chi connectivity index (χ1) is 8.97. The van der Waals surface area contributed by atoms with Gasteiger partial charge in [0.1, 0.15) is 0 Å². The topological polar surface area (TPSA) is 86.2 Å². The lowest BCUT2D eigenvalue weighted by molar-refractivity contribution is -0.133. The molecule has 104 valence electrons. The molecule has 0 saturated carbocycles. The van der Waals surface area contributed by atoms with Gasteiger partial charge in [-0.3, -0.25) is 9.59 Å². The fourth-order valence-corrected chi connectivity index (χ4v) is 2.40. The number of benzene rings is 1. The van der Waals surface area contributed by atoms with E-state index in [1.165, 1.54) is 0 Å². The van der Waals surface area contributed by atoms with Gasteiger partial charge in [-0.2, -0.15) is 0 Å². The van der Waals surface area contributed by atoms with Crippen molar-refractivity contribution in [2.24, 2.45) is 29.2 Å². The van der Waals surface area contributed by atoms with Crippen molar-refractivity contribution in [1.29, 1.82) is 0 Å². The Morgan fingerprint density at radius 3 is 2.11 bits per heavy atom. The smallest absolute Gasteiger partial charge is 0.221 e. The summed E-state index contributed by atoms with van der Waals surface area (Å²) in [4.78, 5) is 23.3. The van der Waals surface area contributed by atoms with E-state index in [1.54, 1.807) is 0 Å². The molecule has 19 heavy (non-hydrogen) atoms. The molecule has 0 bridgehead atoms. The van der Waals surface area contributed by atoms with Gasteiger partial charge in [-0.05, 0) is 17.9 Å². The van der Waals surface area contributed by atoms with E-state index in [2.05, 4.69) is 0 Å². The van der Waals surface area contributed by atoms with Gasteiger partial charge in [0.2, 0.25) is 11.8 Å². The Morgan fingerprint density at radius 2 is 1.68 bits per heavy atom. The third kappa shape index (κ3) is 4.09. The number of primary amides is 2.